The molecule has 1 aliphatic rings. The smallest absolute Gasteiger partial charge is 0.253 e. The van der Waals surface area contributed by atoms with Crippen molar-refractivity contribution in [3.05, 3.63) is 63.7 Å². The van der Waals surface area contributed by atoms with Crippen LogP contribution in [0.2, 0.25) is 0 Å². The number of nitrogens with one attached hydrogen (secondary N) is 1. The number of thiazole rings is 1. The predicted molar refractivity (Wildman–Crippen MR) is 126 cm³/mol. The van der Waals surface area contributed by atoms with Gasteiger partial charge in [-0.05, 0) is 37.3 Å². The summed E-state index contributed by atoms with van der Waals surface area (Å²) in [6.07, 6.45) is 7.18. The molecule has 32 heavy (non-hydrogen) atoms. The number of thiophene rings is 1. The monoisotopic (exact) mass is 465 g/mol. The molecule has 4 aromatic heterocycles. The van der Waals surface area contributed by atoms with E-state index < -0.39 is 0 Å². The van der Waals surface area contributed by atoms with E-state index in [1.54, 1.807) is 29.9 Å². The molecule has 0 radical (unpaired) electrons. The minimum Gasteiger partial charge on any atom is -0.376 e. The number of amides is 1. The maximum absolute atomic E-state index is 13.0. The van der Waals surface area contributed by atoms with Gasteiger partial charge in [0.25, 0.3) is 5.91 Å². The summed E-state index contributed by atoms with van der Waals surface area (Å²) in [5.41, 5.74) is 4.08. The first-order valence-corrected chi connectivity index (χ1v) is 12.3. The van der Waals surface area contributed by atoms with Crippen molar-refractivity contribution in [2.75, 3.05) is 13.2 Å². The standard InChI is InChI=1S/C23H23N5O2S2/c1-15-18(22(29)26-11-16-4-2-8-30-16)10-21(28(15)13-17-5-3-9-31-17)20-14-32-23(27-20)19-12-24-6-7-25-19/h3,5-7,9-10,12,14,16H,2,4,8,11,13H2,1H3,(H,26,29). The van der Waals surface area contributed by atoms with E-state index in [4.69, 9.17) is 9.72 Å². The average molecular weight is 466 g/mol. The van der Waals surface area contributed by atoms with Gasteiger partial charge < -0.3 is 14.6 Å². The van der Waals surface area contributed by atoms with Crippen molar-refractivity contribution in [2.45, 2.75) is 32.4 Å². The summed E-state index contributed by atoms with van der Waals surface area (Å²) in [6.45, 7) is 4.00. The van der Waals surface area contributed by atoms with Crippen LogP contribution in [0.15, 0.2) is 47.5 Å². The van der Waals surface area contributed by atoms with Crippen LogP contribution in [0, 0.1) is 6.92 Å². The molecule has 0 spiro atoms. The molecule has 0 saturated carbocycles. The van der Waals surface area contributed by atoms with Crippen LogP contribution in [-0.2, 0) is 11.3 Å². The van der Waals surface area contributed by atoms with Gasteiger partial charge in [0.15, 0.2) is 0 Å². The van der Waals surface area contributed by atoms with Gasteiger partial charge in [-0.3, -0.25) is 14.8 Å². The van der Waals surface area contributed by atoms with Crippen molar-refractivity contribution in [1.29, 1.82) is 0 Å². The summed E-state index contributed by atoms with van der Waals surface area (Å²) in [6, 6.07) is 6.10. The Balaban J connectivity index is 1.47. The Hall–Kier alpha value is -2.88. The quantitative estimate of drug-likeness (QED) is 0.438. The Morgan fingerprint density at radius 2 is 2.25 bits per heavy atom. The summed E-state index contributed by atoms with van der Waals surface area (Å²) in [5, 5.41) is 7.94. The molecule has 0 bridgehead atoms. The van der Waals surface area contributed by atoms with Crippen molar-refractivity contribution >= 4 is 28.6 Å². The molecule has 1 amide bonds. The van der Waals surface area contributed by atoms with E-state index >= 15 is 0 Å². The van der Waals surface area contributed by atoms with E-state index in [-0.39, 0.29) is 12.0 Å². The first-order chi connectivity index (χ1) is 15.7. The summed E-state index contributed by atoms with van der Waals surface area (Å²) in [4.78, 5) is 27.6. The third-order valence-electron chi connectivity index (χ3n) is 5.57. The van der Waals surface area contributed by atoms with Gasteiger partial charge in [-0.15, -0.1) is 22.7 Å². The number of aromatic nitrogens is 4. The third kappa shape index (κ3) is 4.36. The first-order valence-electron chi connectivity index (χ1n) is 10.5. The number of rotatable bonds is 7. The zero-order valence-corrected chi connectivity index (χ0v) is 19.3. The zero-order valence-electron chi connectivity index (χ0n) is 17.7. The lowest BCUT2D eigenvalue weighted by Crippen LogP contribution is -2.32. The van der Waals surface area contributed by atoms with Gasteiger partial charge in [0.05, 0.1) is 35.8 Å². The molecule has 1 saturated heterocycles. The average Bonchev–Trinajstić information content (AvgIpc) is 3.62. The molecular formula is C23H23N5O2S2. The van der Waals surface area contributed by atoms with Crippen molar-refractivity contribution in [3.63, 3.8) is 0 Å². The highest BCUT2D eigenvalue weighted by Gasteiger charge is 2.22. The fraction of sp³-hybridized carbons (Fsp3) is 0.304. The van der Waals surface area contributed by atoms with Crippen LogP contribution >= 0.6 is 22.7 Å². The van der Waals surface area contributed by atoms with Crippen molar-refractivity contribution in [2.24, 2.45) is 0 Å². The molecule has 9 heteroatoms. The number of hydrogen-bond donors (Lipinski definition) is 1. The lowest BCUT2D eigenvalue weighted by molar-refractivity contribution is 0.0857. The number of hydrogen-bond acceptors (Lipinski definition) is 7. The third-order valence-corrected chi connectivity index (χ3v) is 7.29. The number of carbonyl (C=O) groups is 1. The van der Waals surface area contributed by atoms with Gasteiger partial charge in [-0.2, -0.15) is 0 Å². The largest absolute Gasteiger partial charge is 0.376 e. The SMILES string of the molecule is Cc1c(C(=O)NCC2CCCO2)cc(-c2csc(-c3cnccn3)n2)n1Cc1cccs1. The van der Waals surface area contributed by atoms with E-state index in [2.05, 4.69) is 31.3 Å². The van der Waals surface area contributed by atoms with Gasteiger partial charge >= 0.3 is 0 Å². The Labute approximate surface area is 194 Å². The Bertz CT molecular complexity index is 1190. The van der Waals surface area contributed by atoms with E-state index in [9.17, 15) is 4.79 Å². The first kappa shape index (κ1) is 21.0. The molecule has 1 atom stereocenters. The van der Waals surface area contributed by atoms with Crippen molar-refractivity contribution < 1.29 is 9.53 Å². The molecule has 0 aliphatic carbocycles. The summed E-state index contributed by atoms with van der Waals surface area (Å²) >= 11 is 3.23. The molecule has 1 aliphatic heterocycles. The highest BCUT2D eigenvalue weighted by atomic mass is 32.1. The molecule has 4 aromatic rings. The predicted octanol–water partition coefficient (Wildman–Crippen LogP) is 4.40. The molecule has 0 aromatic carbocycles. The van der Waals surface area contributed by atoms with Crippen molar-refractivity contribution in [1.82, 2.24) is 24.8 Å². The summed E-state index contributed by atoms with van der Waals surface area (Å²) in [5.74, 6) is -0.0754. The lowest BCUT2D eigenvalue weighted by atomic mass is 10.2. The lowest BCUT2D eigenvalue weighted by Gasteiger charge is -2.12. The maximum Gasteiger partial charge on any atom is 0.253 e. The van der Waals surface area contributed by atoms with Crippen molar-refractivity contribution in [3.8, 4) is 22.1 Å². The number of carbonyl (C=O) groups excluding carboxylic acids is 1. The molecule has 7 nitrogen and oxygen atoms in total. The molecular weight excluding hydrogens is 442 g/mol. The van der Waals surface area contributed by atoms with Gasteiger partial charge in [0.1, 0.15) is 10.7 Å². The second-order valence-corrected chi connectivity index (χ2v) is 9.56. The van der Waals surface area contributed by atoms with E-state index in [0.29, 0.717) is 18.7 Å². The van der Waals surface area contributed by atoms with Crippen LogP contribution < -0.4 is 5.32 Å². The molecule has 1 unspecified atom stereocenters. The molecule has 5 rings (SSSR count). The maximum atomic E-state index is 13.0. The van der Waals surface area contributed by atoms with Gasteiger partial charge in [0, 0.05) is 41.5 Å². The van der Waals surface area contributed by atoms with E-state index in [1.165, 1.54) is 16.2 Å². The van der Waals surface area contributed by atoms with Crippen LogP contribution in [0.25, 0.3) is 22.1 Å². The Kier molecular flexibility index (Phi) is 6.11. The fourth-order valence-electron chi connectivity index (χ4n) is 3.88. The van der Waals surface area contributed by atoms with E-state index in [0.717, 1.165) is 47.2 Å². The highest BCUT2D eigenvalue weighted by molar-refractivity contribution is 7.13. The zero-order chi connectivity index (χ0) is 21.9. The fourth-order valence-corrected chi connectivity index (χ4v) is 5.34. The normalized spacial score (nSPS) is 15.8. The molecule has 164 valence electrons. The van der Waals surface area contributed by atoms with Gasteiger partial charge in [-0.1, -0.05) is 6.07 Å². The van der Waals surface area contributed by atoms with Crippen LogP contribution in [-0.4, -0.2) is 44.7 Å². The Morgan fingerprint density at radius 3 is 3.00 bits per heavy atom. The minimum absolute atomic E-state index is 0.0754. The topological polar surface area (TPSA) is 81.9 Å². The molecule has 1 N–H and O–H groups in total. The van der Waals surface area contributed by atoms with Crippen LogP contribution in [0.3, 0.4) is 0 Å². The van der Waals surface area contributed by atoms with Crippen LogP contribution in [0.1, 0.15) is 33.8 Å². The number of nitrogens with zero attached hydrogens (tertiary/aromatic N) is 4. The Morgan fingerprint density at radius 1 is 1.31 bits per heavy atom. The summed E-state index contributed by atoms with van der Waals surface area (Å²) < 4.78 is 7.81. The molecule has 5 heterocycles. The van der Waals surface area contributed by atoms with Crippen LogP contribution in [0.5, 0.6) is 0 Å². The highest BCUT2D eigenvalue weighted by Crippen LogP contribution is 2.31. The van der Waals surface area contributed by atoms with E-state index in [1.807, 2.05) is 24.4 Å². The van der Waals surface area contributed by atoms with Crippen LogP contribution in [0.4, 0.5) is 0 Å². The van der Waals surface area contributed by atoms with Gasteiger partial charge in [0.2, 0.25) is 0 Å². The second-order valence-electron chi connectivity index (χ2n) is 7.67. The minimum atomic E-state index is -0.0754. The molecule has 1 fully saturated rings. The second kappa shape index (κ2) is 9.32. The van der Waals surface area contributed by atoms with Gasteiger partial charge in [-0.25, -0.2) is 4.98 Å². The number of ether oxygens (including phenoxy) is 1. The summed E-state index contributed by atoms with van der Waals surface area (Å²) in [7, 11) is 0.